The van der Waals surface area contributed by atoms with Crippen LogP contribution < -0.4 is 5.32 Å². The molecule has 0 saturated heterocycles. The highest BCUT2D eigenvalue weighted by molar-refractivity contribution is 4.87. The predicted octanol–water partition coefficient (Wildman–Crippen LogP) is 4.12. The molecule has 2 heteroatoms. The molecule has 2 fully saturated rings. The molecule has 0 radical (unpaired) electrons. The van der Waals surface area contributed by atoms with E-state index in [9.17, 15) is 5.11 Å². The summed E-state index contributed by atoms with van der Waals surface area (Å²) in [6, 6.07) is 1.01. The minimum atomic E-state index is 0.321. The normalized spacial score (nSPS) is 31.2. The fourth-order valence-corrected chi connectivity index (χ4v) is 4.30. The first-order valence-corrected chi connectivity index (χ1v) is 8.87. The number of aliphatic hydroxyl groups excluding tert-OH is 1. The highest BCUT2D eigenvalue weighted by Crippen LogP contribution is 2.40. The van der Waals surface area contributed by atoms with Crippen molar-refractivity contribution in [3.05, 3.63) is 0 Å². The second-order valence-electron chi connectivity index (χ2n) is 8.27. The van der Waals surface area contributed by atoms with E-state index in [4.69, 9.17) is 0 Å². The van der Waals surface area contributed by atoms with Gasteiger partial charge in [-0.25, -0.2) is 0 Å². The maximum absolute atomic E-state index is 9.77. The molecule has 0 aliphatic heterocycles. The fraction of sp³-hybridized carbons (Fsp3) is 1.00. The fourth-order valence-electron chi connectivity index (χ4n) is 4.30. The van der Waals surface area contributed by atoms with E-state index in [1.54, 1.807) is 0 Å². The van der Waals surface area contributed by atoms with E-state index >= 15 is 0 Å². The quantitative estimate of drug-likeness (QED) is 0.812. The summed E-state index contributed by atoms with van der Waals surface area (Å²) in [4.78, 5) is 0. The van der Waals surface area contributed by atoms with Crippen LogP contribution in [0.2, 0.25) is 0 Å². The van der Waals surface area contributed by atoms with Gasteiger partial charge < -0.3 is 10.4 Å². The second kappa shape index (κ2) is 7.26. The molecule has 0 amide bonds. The summed E-state index contributed by atoms with van der Waals surface area (Å²) in [6.45, 7) is 7.45. The van der Waals surface area contributed by atoms with Crippen molar-refractivity contribution >= 4 is 0 Å². The van der Waals surface area contributed by atoms with E-state index in [1.165, 1.54) is 57.8 Å². The van der Waals surface area contributed by atoms with Gasteiger partial charge in [-0.1, -0.05) is 40.0 Å². The Morgan fingerprint density at radius 2 is 1.55 bits per heavy atom. The summed E-state index contributed by atoms with van der Waals surface area (Å²) in [7, 11) is 0. The Hall–Kier alpha value is -0.0800. The first-order chi connectivity index (χ1) is 9.50. The number of aliphatic hydroxyl groups is 1. The molecule has 1 atom stereocenters. The van der Waals surface area contributed by atoms with Gasteiger partial charge in [0, 0.05) is 12.1 Å². The van der Waals surface area contributed by atoms with Crippen molar-refractivity contribution in [2.45, 2.75) is 90.6 Å². The van der Waals surface area contributed by atoms with Crippen molar-refractivity contribution in [3.63, 3.8) is 0 Å². The minimum absolute atomic E-state index is 0.321. The zero-order valence-electron chi connectivity index (χ0n) is 13.8. The van der Waals surface area contributed by atoms with Crippen molar-refractivity contribution in [2.24, 2.45) is 17.3 Å². The Kier molecular flexibility index (Phi) is 5.92. The first-order valence-electron chi connectivity index (χ1n) is 8.87. The van der Waals surface area contributed by atoms with E-state index in [-0.39, 0.29) is 0 Å². The molecular formula is C18H35NO. The number of nitrogens with one attached hydrogen (secondary N) is 1. The van der Waals surface area contributed by atoms with Crippen LogP contribution in [0.5, 0.6) is 0 Å². The van der Waals surface area contributed by atoms with Crippen molar-refractivity contribution in [1.29, 1.82) is 0 Å². The van der Waals surface area contributed by atoms with Gasteiger partial charge in [0.05, 0.1) is 6.61 Å². The van der Waals surface area contributed by atoms with Gasteiger partial charge in [-0.05, 0) is 55.8 Å². The molecule has 2 aliphatic rings. The zero-order valence-corrected chi connectivity index (χ0v) is 13.8. The first kappa shape index (κ1) is 16.3. The summed E-state index contributed by atoms with van der Waals surface area (Å²) < 4.78 is 0. The molecule has 0 aromatic rings. The molecular weight excluding hydrogens is 246 g/mol. The summed E-state index contributed by atoms with van der Waals surface area (Å²) in [5.41, 5.74) is 0.455. The van der Waals surface area contributed by atoms with Crippen molar-refractivity contribution in [2.75, 3.05) is 6.61 Å². The van der Waals surface area contributed by atoms with Crippen LogP contribution in [-0.2, 0) is 0 Å². The highest BCUT2D eigenvalue weighted by Gasteiger charge is 2.33. The van der Waals surface area contributed by atoms with Crippen molar-refractivity contribution in [1.82, 2.24) is 5.32 Å². The van der Waals surface area contributed by atoms with Crippen LogP contribution in [0, 0.1) is 17.3 Å². The molecule has 2 rings (SSSR count). The van der Waals surface area contributed by atoms with Gasteiger partial charge in [0.15, 0.2) is 0 Å². The summed E-state index contributed by atoms with van der Waals surface area (Å²) >= 11 is 0. The Bertz CT molecular complexity index is 270. The third-order valence-electron chi connectivity index (χ3n) is 5.82. The van der Waals surface area contributed by atoms with E-state index in [2.05, 4.69) is 26.1 Å². The summed E-state index contributed by atoms with van der Waals surface area (Å²) in [5.74, 6) is 1.56. The molecule has 2 nitrogen and oxygen atoms in total. The van der Waals surface area contributed by atoms with Crippen molar-refractivity contribution in [3.8, 4) is 0 Å². The Morgan fingerprint density at radius 1 is 0.950 bits per heavy atom. The monoisotopic (exact) mass is 281 g/mol. The van der Waals surface area contributed by atoms with Crippen LogP contribution in [-0.4, -0.2) is 23.8 Å². The van der Waals surface area contributed by atoms with Gasteiger partial charge in [0.25, 0.3) is 0 Å². The molecule has 0 heterocycles. The topological polar surface area (TPSA) is 32.3 Å². The molecule has 2 N–H and O–H groups in total. The Morgan fingerprint density at radius 3 is 2.05 bits per heavy atom. The SMILES string of the molecule is CC(C)(C)C1CCC(C(CO)NC2CCCCC2)CC1. The average molecular weight is 281 g/mol. The van der Waals surface area contributed by atoms with Crippen LogP contribution in [0.3, 0.4) is 0 Å². The molecule has 1 unspecified atom stereocenters. The van der Waals surface area contributed by atoms with Crippen LogP contribution >= 0.6 is 0 Å². The lowest BCUT2D eigenvalue weighted by Gasteiger charge is -2.40. The molecule has 0 spiro atoms. The van der Waals surface area contributed by atoms with Crippen molar-refractivity contribution < 1.29 is 5.11 Å². The standard InChI is InChI=1S/C18H35NO/c1-18(2,3)15-11-9-14(10-12-15)17(13-20)19-16-7-5-4-6-8-16/h14-17,19-20H,4-13H2,1-3H3. The van der Waals surface area contributed by atoms with Crippen LogP contribution in [0.15, 0.2) is 0 Å². The van der Waals surface area contributed by atoms with E-state index in [0.29, 0.717) is 30.0 Å². The van der Waals surface area contributed by atoms with Gasteiger partial charge in [-0.2, -0.15) is 0 Å². The maximum atomic E-state index is 9.77. The van der Waals surface area contributed by atoms with E-state index in [0.717, 1.165) is 5.92 Å². The number of hydrogen-bond donors (Lipinski definition) is 2. The van der Waals surface area contributed by atoms with E-state index < -0.39 is 0 Å². The predicted molar refractivity (Wildman–Crippen MR) is 85.8 cm³/mol. The average Bonchev–Trinajstić information content (AvgIpc) is 2.45. The van der Waals surface area contributed by atoms with Crippen LogP contribution in [0.25, 0.3) is 0 Å². The minimum Gasteiger partial charge on any atom is -0.395 e. The molecule has 20 heavy (non-hydrogen) atoms. The van der Waals surface area contributed by atoms with E-state index in [1.807, 2.05) is 0 Å². The Balaban J connectivity index is 1.80. The second-order valence-corrected chi connectivity index (χ2v) is 8.27. The largest absolute Gasteiger partial charge is 0.395 e. The lowest BCUT2D eigenvalue weighted by atomic mass is 9.68. The molecule has 0 aromatic carbocycles. The van der Waals surface area contributed by atoms with Gasteiger partial charge in [0.2, 0.25) is 0 Å². The van der Waals surface area contributed by atoms with Gasteiger partial charge in [0.1, 0.15) is 0 Å². The summed E-state index contributed by atoms with van der Waals surface area (Å²) in [5, 5.41) is 13.6. The van der Waals surface area contributed by atoms with Gasteiger partial charge in [-0.15, -0.1) is 0 Å². The zero-order chi connectivity index (χ0) is 14.6. The van der Waals surface area contributed by atoms with Crippen LogP contribution in [0.1, 0.15) is 78.6 Å². The smallest absolute Gasteiger partial charge is 0.0587 e. The third-order valence-corrected chi connectivity index (χ3v) is 5.82. The van der Waals surface area contributed by atoms with Crippen LogP contribution in [0.4, 0.5) is 0 Å². The van der Waals surface area contributed by atoms with Gasteiger partial charge in [-0.3, -0.25) is 0 Å². The molecule has 0 bridgehead atoms. The number of hydrogen-bond acceptors (Lipinski definition) is 2. The maximum Gasteiger partial charge on any atom is 0.0587 e. The molecule has 2 saturated carbocycles. The van der Waals surface area contributed by atoms with Gasteiger partial charge >= 0.3 is 0 Å². The lowest BCUT2D eigenvalue weighted by molar-refractivity contribution is 0.102. The molecule has 118 valence electrons. The third kappa shape index (κ3) is 4.46. The summed E-state index contributed by atoms with van der Waals surface area (Å²) in [6.07, 6.45) is 12.0. The lowest BCUT2D eigenvalue weighted by Crippen LogP contribution is -2.47. The molecule has 2 aliphatic carbocycles. The number of rotatable bonds is 4. The Labute approximate surface area is 125 Å². The highest BCUT2D eigenvalue weighted by atomic mass is 16.3. The molecule has 0 aromatic heterocycles.